The van der Waals surface area contributed by atoms with E-state index in [2.05, 4.69) is 10.3 Å². The second kappa shape index (κ2) is 5.53. The number of amides is 1. The van der Waals surface area contributed by atoms with Crippen LogP contribution in [0, 0.1) is 0 Å². The number of pyridine rings is 1. The van der Waals surface area contributed by atoms with Crippen LogP contribution < -0.4 is 10.9 Å². The van der Waals surface area contributed by atoms with E-state index in [9.17, 15) is 9.59 Å². The first-order valence-electron chi connectivity index (χ1n) is 7.97. The molecule has 0 bridgehead atoms. The molecule has 3 aromatic rings. The summed E-state index contributed by atoms with van der Waals surface area (Å²) < 4.78 is 0. The summed E-state index contributed by atoms with van der Waals surface area (Å²) in [4.78, 5) is 29.9. The Labute approximate surface area is 138 Å². The first-order chi connectivity index (χ1) is 11.7. The highest BCUT2D eigenvalue weighted by atomic mass is 16.2. The summed E-state index contributed by atoms with van der Waals surface area (Å²) >= 11 is 0. The third-order valence-corrected chi connectivity index (χ3v) is 4.44. The van der Waals surface area contributed by atoms with Crippen molar-refractivity contribution in [2.45, 2.75) is 13.1 Å². The fourth-order valence-electron chi connectivity index (χ4n) is 3.23. The molecule has 0 aliphatic carbocycles. The van der Waals surface area contributed by atoms with Gasteiger partial charge >= 0.3 is 0 Å². The molecule has 0 fully saturated rings. The molecule has 0 radical (unpaired) electrons. The van der Waals surface area contributed by atoms with Gasteiger partial charge in [-0.2, -0.15) is 0 Å². The van der Waals surface area contributed by atoms with E-state index in [1.807, 2.05) is 55.5 Å². The number of carbonyl (C=O) groups excluding carboxylic acids is 1. The van der Waals surface area contributed by atoms with Crippen molar-refractivity contribution in [3.8, 4) is 0 Å². The molecule has 0 saturated heterocycles. The molecular weight excluding hydrogens is 302 g/mol. The van der Waals surface area contributed by atoms with E-state index in [4.69, 9.17) is 0 Å². The molecule has 0 saturated carbocycles. The second-order valence-electron chi connectivity index (χ2n) is 5.82. The maximum absolute atomic E-state index is 12.8. The van der Waals surface area contributed by atoms with Crippen molar-refractivity contribution < 1.29 is 4.79 Å². The van der Waals surface area contributed by atoms with Gasteiger partial charge < -0.3 is 15.2 Å². The lowest BCUT2D eigenvalue weighted by Crippen LogP contribution is -2.44. The molecule has 1 amide bonds. The molecule has 0 unspecified atom stereocenters. The van der Waals surface area contributed by atoms with Gasteiger partial charge in [0.05, 0.1) is 11.1 Å². The number of aromatic nitrogens is 1. The Kier molecular flexibility index (Phi) is 3.34. The maximum Gasteiger partial charge on any atom is 0.257 e. The average Bonchev–Trinajstić information content (AvgIpc) is 2.61. The predicted molar refractivity (Wildman–Crippen MR) is 94.1 cm³/mol. The number of H-pyrrole nitrogens is 1. The molecule has 2 aromatic carbocycles. The van der Waals surface area contributed by atoms with Crippen LogP contribution in [0.5, 0.6) is 0 Å². The molecular formula is C19H17N3O2. The van der Waals surface area contributed by atoms with Crippen molar-refractivity contribution in [2.24, 2.45) is 0 Å². The fraction of sp³-hybridized carbons (Fsp3) is 0.158. The van der Waals surface area contributed by atoms with Gasteiger partial charge in [0.15, 0.2) is 0 Å². The van der Waals surface area contributed by atoms with Crippen molar-refractivity contribution in [2.75, 3.05) is 11.9 Å². The number of fused-ring (bicyclic) bond motifs is 2. The van der Waals surface area contributed by atoms with Crippen LogP contribution in [0.1, 0.15) is 29.0 Å². The minimum atomic E-state index is -0.481. The molecule has 2 heterocycles. The number of nitrogens with zero attached hydrogens (tertiary/aromatic N) is 1. The molecule has 0 spiro atoms. The van der Waals surface area contributed by atoms with Gasteiger partial charge in [-0.05, 0) is 36.6 Å². The molecule has 5 nitrogen and oxygen atoms in total. The summed E-state index contributed by atoms with van der Waals surface area (Å²) in [5, 5.41) is 4.28. The van der Waals surface area contributed by atoms with Gasteiger partial charge in [0.25, 0.3) is 11.5 Å². The van der Waals surface area contributed by atoms with Gasteiger partial charge in [0.2, 0.25) is 0 Å². The summed E-state index contributed by atoms with van der Waals surface area (Å²) in [6.45, 7) is 2.42. The highest BCUT2D eigenvalue weighted by Crippen LogP contribution is 2.32. The average molecular weight is 319 g/mol. The van der Waals surface area contributed by atoms with Gasteiger partial charge in [-0.25, -0.2) is 0 Å². The second-order valence-corrected chi connectivity index (χ2v) is 5.82. The number of para-hydroxylation sites is 2. The van der Waals surface area contributed by atoms with Crippen LogP contribution in [0.25, 0.3) is 10.9 Å². The number of nitrogens with one attached hydrogen (secondary N) is 2. The van der Waals surface area contributed by atoms with Crippen LogP contribution in [0.2, 0.25) is 0 Å². The Morgan fingerprint density at radius 3 is 2.62 bits per heavy atom. The lowest BCUT2D eigenvalue weighted by Gasteiger charge is -2.37. The van der Waals surface area contributed by atoms with E-state index in [0.29, 0.717) is 17.7 Å². The van der Waals surface area contributed by atoms with Gasteiger partial charge in [0, 0.05) is 17.7 Å². The quantitative estimate of drug-likeness (QED) is 0.763. The van der Waals surface area contributed by atoms with E-state index in [1.165, 1.54) is 0 Å². The Balaban J connectivity index is 1.88. The van der Waals surface area contributed by atoms with Crippen molar-refractivity contribution in [1.29, 1.82) is 0 Å². The van der Waals surface area contributed by atoms with E-state index in [1.54, 1.807) is 11.0 Å². The molecule has 1 atom stereocenters. The third kappa shape index (κ3) is 2.17. The third-order valence-electron chi connectivity index (χ3n) is 4.44. The molecule has 1 aliphatic rings. The smallest absolute Gasteiger partial charge is 0.257 e. The highest BCUT2D eigenvalue weighted by molar-refractivity contribution is 6.01. The number of aromatic amines is 1. The lowest BCUT2D eigenvalue weighted by molar-refractivity contribution is 0.0694. The van der Waals surface area contributed by atoms with Crippen LogP contribution in [-0.2, 0) is 0 Å². The summed E-state index contributed by atoms with van der Waals surface area (Å²) in [6, 6.07) is 16.9. The van der Waals surface area contributed by atoms with E-state index < -0.39 is 6.17 Å². The van der Waals surface area contributed by atoms with Crippen molar-refractivity contribution in [1.82, 2.24) is 9.88 Å². The minimum Gasteiger partial charge on any atom is -0.361 e. The predicted octanol–water partition coefficient (Wildman–Crippen LogP) is 3.11. The lowest BCUT2D eigenvalue weighted by atomic mass is 10.0. The zero-order chi connectivity index (χ0) is 16.7. The molecule has 1 aliphatic heterocycles. The molecule has 2 N–H and O–H groups in total. The largest absolute Gasteiger partial charge is 0.361 e. The monoisotopic (exact) mass is 319 g/mol. The van der Waals surface area contributed by atoms with Gasteiger partial charge in [-0.1, -0.05) is 30.3 Å². The summed E-state index contributed by atoms with van der Waals surface area (Å²) in [5.41, 5.74) is 2.53. The number of carbonyl (C=O) groups is 1. The number of hydrogen-bond acceptors (Lipinski definition) is 3. The van der Waals surface area contributed by atoms with Crippen molar-refractivity contribution in [3.63, 3.8) is 0 Å². The first kappa shape index (κ1) is 14.5. The maximum atomic E-state index is 12.8. The SMILES string of the molecule is CCN1C(=O)c2ccccc2N[C@H]1c1cc2ccccc2[nH]c1=O. The van der Waals surface area contributed by atoms with Crippen LogP contribution in [0.3, 0.4) is 0 Å². The topological polar surface area (TPSA) is 65.2 Å². The Hall–Kier alpha value is -3.08. The summed E-state index contributed by atoms with van der Waals surface area (Å²) in [5.74, 6) is -0.0654. The number of rotatable bonds is 2. The minimum absolute atomic E-state index is 0.0654. The number of benzene rings is 2. The Morgan fingerprint density at radius 1 is 1.04 bits per heavy atom. The zero-order valence-electron chi connectivity index (χ0n) is 13.2. The van der Waals surface area contributed by atoms with Crippen molar-refractivity contribution >= 4 is 22.5 Å². The highest BCUT2D eigenvalue weighted by Gasteiger charge is 2.33. The number of hydrogen-bond donors (Lipinski definition) is 2. The normalized spacial score (nSPS) is 16.8. The van der Waals surface area contributed by atoms with Gasteiger partial charge in [-0.3, -0.25) is 9.59 Å². The van der Waals surface area contributed by atoms with Crippen LogP contribution in [0.15, 0.2) is 59.4 Å². The van der Waals surface area contributed by atoms with Gasteiger partial charge in [0.1, 0.15) is 6.17 Å². The van der Waals surface area contributed by atoms with E-state index >= 15 is 0 Å². The standard InChI is InChI=1S/C19H17N3O2/c1-2-22-17(20-16-10-6-4-8-13(16)19(22)24)14-11-12-7-3-5-9-15(12)21-18(14)23/h3-11,17,20H,2H2,1H3,(H,21,23)/t17-/m1/s1. The molecule has 4 rings (SSSR count). The first-order valence-corrected chi connectivity index (χ1v) is 7.97. The van der Waals surface area contributed by atoms with E-state index in [-0.39, 0.29) is 11.5 Å². The Bertz CT molecular complexity index is 993. The summed E-state index contributed by atoms with van der Waals surface area (Å²) in [7, 11) is 0. The van der Waals surface area contributed by atoms with Gasteiger partial charge in [-0.15, -0.1) is 0 Å². The molecule has 5 heteroatoms. The molecule has 24 heavy (non-hydrogen) atoms. The van der Waals surface area contributed by atoms with Crippen molar-refractivity contribution in [3.05, 3.63) is 76.1 Å². The fourth-order valence-corrected chi connectivity index (χ4v) is 3.23. The summed E-state index contributed by atoms with van der Waals surface area (Å²) in [6.07, 6.45) is -0.481. The number of anilines is 1. The Morgan fingerprint density at radius 2 is 1.79 bits per heavy atom. The zero-order valence-corrected chi connectivity index (χ0v) is 13.2. The molecule has 120 valence electrons. The molecule has 1 aromatic heterocycles. The van der Waals surface area contributed by atoms with E-state index in [0.717, 1.165) is 16.6 Å². The van der Waals surface area contributed by atoms with Crippen LogP contribution in [0.4, 0.5) is 5.69 Å². The van der Waals surface area contributed by atoms with Crippen LogP contribution in [-0.4, -0.2) is 22.3 Å². The van der Waals surface area contributed by atoms with Crippen LogP contribution >= 0.6 is 0 Å².